The van der Waals surface area contributed by atoms with Gasteiger partial charge in [-0.05, 0) is 24.8 Å². The van der Waals surface area contributed by atoms with Gasteiger partial charge in [-0.25, -0.2) is 9.97 Å². The van der Waals surface area contributed by atoms with Crippen LogP contribution in [0.15, 0.2) is 47.9 Å². The molecule has 0 saturated heterocycles. The van der Waals surface area contributed by atoms with Crippen molar-refractivity contribution >= 4 is 23.3 Å². The van der Waals surface area contributed by atoms with Gasteiger partial charge in [0.2, 0.25) is 0 Å². The van der Waals surface area contributed by atoms with Gasteiger partial charge >= 0.3 is 0 Å². The number of nitrogens with zero attached hydrogens (tertiary/aromatic N) is 3. The molecule has 0 aliphatic heterocycles. The molecule has 0 fully saturated rings. The van der Waals surface area contributed by atoms with E-state index < -0.39 is 0 Å². The Balaban J connectivity index is 1.85. The average Bonchev–Trinajstić information content (AvgIpc) is 3.06. The number of hydrogen-bond acceptors (Lipinski definition) is 4. The van der Waals surface area contributed by atoms with E-state index in [1.54, 1.807) is 18.0 Å². The quantitative estimate of drug-likeness (QED) is 0.550. The molecule has 3 aromatic rings. The third-order valence-corrected chi connectivity index (χ3v) is 4.52. The van der Waals surface area contributed by atoms with Crippen LogP contribution in [0.4, 0.5) is 0 Å². The van der Waals surface area contributed by atoms with Gasteiger partial charge in [0, 0.05) is 30.1 Å². The monoisotopic (exact) mass is 340 g/mol. The molecule has 1 amide bonds. The summed E-state index contributed by atoms with van der Waals surface area (Å²) in [5.41, 5.74) is 3.53. The molecular weight excluding hydrogens is 320 g/mol. The Morgan fingerprint density at radius 2 is 2.04 bits per heavy atom. The Morgan fingerprint density at radius 3 is 2.75 bits per heavy atom. The van der Waals surface area contributed by atoms with Crippen molar-refractivity contribution in [3.05, 3.63) is 48.4 Å². The van der Waals surface area contributed by atoms with Gasteiger partial charge < -0.3 is 5.32 Å². The zero-order valence-electron chi connectivity index (χ0n) is 13.8. The number of imidazole rings is 1. The normalized spacial score (nSPS) is 10.9. The number of amides is 1. The summed E-state index contributed by atoms with van der Waals surface area (Å²) in [5, 5.41) is 3.83. The highest BCUT2D eigenvalue weighted by Crippen LogP contribution is 2.25. The highest BCUT2D eigenvalue weighted by molar-refractivity contribution is 7.98. The van der Waals surface area contributed by atoms with Crippen LogP contribution in [0.3, 0.4) is 0 Å². The van der Waals surface area contributed by atoms with Gasteiger partial charge in [-0.1, -0.05) is 25.5 Å². The molecule has 24 heavy (non-hydrogen) atoms. The summed E-state index contributed by atoms with van der Waals surface area (Å²) in [6, 6.07) is 7.62. The van der Waals surface area contributed by atoms with Crippen LogP contribution in [-0.2, 0) is 0 Å². The van der Waals surface area contributed by atoms with E-state index in [-0.39, 0.29) is 5.91 Å². The number of fused-ring (bicyclic) bond motifs is 1. The van der Waals surface area contributed by atoms with Crippen molar-refractivity contribution in [3.63, 3.8) is 0 Å². The molecule has 0 spiro atoms. The molecule has 0 radical (unpaired) electrons. The van der Waals surface area contributed by atoms with Gasteiger partial charge in [0.1, 0.15) is 5.03 Å². The second-order valence-corrected chi connectivity index (χ2v) is 6.26. The van der Waals surface area contributed by atoms with Crippen molar-refractivity contribution in [2.45, 2.75) is 24.8 Å². The molecule has 0 atom stereocenters. The summed E-state index contributed by atoms with van der Waals surface area (Å²) < 4.78 is 2.02. The maximum Gasteiger partial charge on any atom is 0.251 e. The third-order valence-electron chi connectivity index (χ3n) is 3.85. The van der Waals surface area contributed by atoms with E-state index in [2.05, 4.69) is 22.2 Å². The van der Waals surface area contributed by atoms with E-state index in [9.17, 15) is 4.79 Å². The van der Waals surface area contributed by atoms with Gasteiger partial charge in [-0.3, -0.25) is 9.20 Å². The van der Waals surface area contributed by atoms with Crippen molar-refractivity contribution in [2.24, 2.45) is 0 Å². The van der Waals surface area contributed by atoms with E-state index in [1.165, 1.54) is 0 Å². The molecule has 6 heteroatoms. The van der Waals surface area contributed by atoms with E-state index in [1.807, 2.05) is 47.3 Å². The Kier molecular flexibility index (Phi) is 5.15. The smallest absolute Gasteiger partial charge is 0.251 e. The van der Waals surface area contributed by atoms with Gasteiger partial charge in [0.15, 0.2) is 5.65 Å². The first kappa shape index (κ1) is 16.5. The van der Waals surface area contributed by atoms with E-state index in [0.717, 1.165) is 41.3 Å². The van der Waals surface area contributed by atoms with Crippen LogP contribution in [0.5, 0.6) is 0 Å². The molecule has 1 aromatic carbocycles. The SMILES string of the molecule is CCCCNC(=O)c1ccc(-c2cnc3c(SC)nccn23)cc1. The first-order chi connectivity index (χ1) is 11.7. The Labute approximate surface area is 145 Å². The first-order valence-electron chi connectivity index (χ1n) is 7.99. The minimum atomic E-state index is -0.0259. The lowest BCUT2D eigenvalue weighted by Gasteiger charge is -2.06. The Hall–Kier alpha value is -2.34. The van der Waals surface area contributed by atoms with Crippen molar-refractivity contribution in [3.8, 4) is 11.3 Å². The zero-order valence-corrected chi connectivity index (χ0v) is 14.6. The predicted octanol–water partition coefficient (Wildman–Crippen LogP) is 3.65. The molecule has 0 saturated carbocycles. The number of nitrogens with one attached hydrogen (secondary N) is 1. The first-order valence-corrected chi connectivity index (χ1v) is 9.21. The average molecular weight is 340 g/mol. The van der Waals surface area contributed by atoms with Crippen molar-refractivity contribution in [2.75, 3.05) is 12.8 Å². The predicted molar refractivity (Wildman–Crippen MR) is 97.4 cm³/mol. The van der Waals surface area contributed by atoms with Gasteiger partial charge in [-0.2, -0.15) is 0 Å². The lowest BCUT2D eigenvalue weighted by atomic mass is 10.1. The van der Waals surface area contributed by atoms with Gasteiger partial charge in [0.05, 0.1) is 11.9 Å². The zero-order chi connectivity index (χ0) is 16.9. The summed E-state index contributed by atoms with van der Waals surface area (Å²) in [7, 11) is 0. The maximum absolute atomic E-state index is 12.1. The summed E-state index contributed by atoms with van der Waals surface area (Å²) in [6.45, 7) is 2.82. The molecule has 0 aliphatic carbocycles. The van der Waals surface area contributed by atoms with E-state index in [0.29, 0.717) is 5.56 Å². The molecule has 2 heterocycles. The lowest BCUT2D eigenvalue weighted by Crippen LogP contribution is -2.24. The molecule has 2 aromatic heterocycles. The lowest BCUT2D eigenvalue weighted by molar-refractivity contribution is 0.0953. The third kappa shape index (κ3) is 3.28. The van der Waals surface area contributed by atoms with E-state index in [4.69, 9.17) is 0 Å². The molecule has 124 valence electrons. The largest absolute Gasteiger partial charge is 0.352 e. The number of aromatic nitrogens is 3. The number of rotatable bonds is 6. The minimum Gasteiger partial charge on any atom is -0.352 e. The fourth-order valence-electron chi connectivity index (χ4n) is 2.53. The summed E-state index contributed by atoms with van der Waals surface area (Å²) >= 11 is 1.58. The van der Waals surface area contributed by atoms with Crippen LogP contribution < -0.4 is 5.32 Å². The molecule has 0 aliphatic rings. The Morgan fingerprint density at radius 1 is 1.25 bits per heavy atom. The number of unbranched alkanes of at least 4 members (excludes halogenated alkanes) is 1. The van der Waals surface area contributed by atoms with Crippen LogP contribution in [-0.4, -0.2) is 33.1 Å². The highest BCUT2D eigenvalue weighted by Gasteiger charge is 2.11. The molecule has 0 unspecified atom stereocenters. The molecular formula is C18H20N4OS. The summed E-state index contributed by atoms with van der Waals surface area (Å²) in [5.74, 6) is -0.0259. The topological polar surface area (TPSA) is 59.3 Å². The van der Waals surface area contributed by atoms with Crippen LogP contribution in [0.2, 0.25) is 0 Å². The maximum atomic E-state index is 12.1. The fraction of sp³-hybridized carbons (Fsp3) is 0.278. The van der Waals surface area contributed by atoms with Crippen molar-refractivity contribution in [1.82, 2.24) is 19.7 Å². The molecule has 5 nitrogen and oxygen atoms in total. The second-order valence-electron chi connectivity index (χ2n) is 5.46. The van der Waals surface area contributed by atoms with Crippen LogP contribution in [0.25, 0.3) is 16.9 Å². The summed E-state index contributed by atoms with van der Waals surface area (Å²) in [6.07, 6.45) is 9.58. The number of thioether (sulfide) groups is 1. The summed E-state index contributed by atoms with van der Waals surface area (Å²) in [4.78, 5) is 20.9. The van der Waals surface area contributed by atoms with Crippen LogP contribution in [0.1, 0.15) is 30.1 Å². The van der Waals surface area contributed by atoms with Crippen LogP contribution in [0, 0.1) is 0 Å². The van der Waals surface area contributed by atoms with Gasteiger partial charge in [-0.15, -0.1) is 11.8 Å². The highest BCUT2D eigenvalue weighted by atomic mass is 32.2. The van der Waals surface area contributed by atoms with E-state index >= 15 is 0 Å². The molecule has 1 N–H and O–H groups in total. The number of carbonyl (C=O) groups excluding carboxylic acids is 1. The van der Waals surface area contributed by atoms with Gasteiger partial charge in [0.25, 0.3) is 5.91 Å². The van der Waals surface area contributed by atoms with Crippen molar-refractivity contribution in [1.29, 1.82) is 0 Å². The standard InChI is InChI=1S/C18H20N4OS/c1-3-4-9-19-17(23)14-7-5-13(6-8-14)15-12-21-16-18(24-2)20-10-11-22(15)16/h5-8,10-12H,3-4,9H2,1-2H3,(H,19,23). The Bertz CT molecular complexity index is 842. The number of hydrogen-bond donors (Lipinski definition) is 1. The van der Waals surface area contributed by atoms with Crippen molar-refractivity contribution < 1.29 is 4.79 Å². The molecule has 0 bridgehead atoms. The van der Waals surface area contributed by atoms with Crippen LogP contribution >= 0.6 is 11.8 Å². The fourth-order valence-corrected chi connectivity index (χ4v) is 3.03. The number of carbonyl (C=O) groups is 1. The minimum absolute atomic E-state index is 0.0259. The second kappa shape index (κ2) is 7.49. The number of benzene rings is 1. The molecule has 3 rings (SSSR count).